The number of fused-ring (bicyclic) bond motifs is 2. The summed E-state index contributed by atoms with van der Waals surface area (Å²) in [5, 5.41) is 40.0. The Bertz CT molecular complexity index is 1670. The van der Waals surface area contributed by atoms with E-state index in [9.17, 15) is 20.1 Å². The van der Waals surface area contributed by atoms with Crippen LogP contribution in [0.1, 0.15) is 104 Å². The fraction of sp³-hybridized carbons (Fsp3) is 0.595. The molecule has 2 aromatic carbocycles. The van der Waals surface area contributed by atoms with Crippen molar-refractivity contribution < 1.29 is 33.9 Å². The molecule has 1 heterocycles. The van der Waals surface area contributed by atoms with Gasteiger partial charge < -0.3 is 44.6 Å². The van der Waals surface area contributed by atoms with Crippen LogP contribution in [0.4, 0.5) is 0 Å². The third-order valence-corrected chi connectivity index (χ3v) is 8.98. The Morgan fingerprint density at radius 3 is 1.77 bits per heavy atom. The lowest BCUT2D eigenvalue weighted by Gasteiger charge is -2.19. The fourth-order valence-electron chi connectivity index (χ4n) is 6.05. The van der Waals surface area contributed by atoms with Crippen molar-refractivity contribution in [3.05, 3.63) is 56.8 Å². The summed E-state index contributed by atoms with van der Waals surface area (Å²) in [5.41, 5.74) is 3.08. The van der Waals surface area contributed by atoms with E-state index in [1.165, 1.54) is 32.8 Å². The minimum Gasteiger partial charge on any atom is -0.507 e. The number of hydrogen-bond acceptors (Lipinski definition) is 10. The first-order chi connectivity index (χ1) is 25.0. The number of unbranched alkanes of at least 4 members (excludes halogenated alkanes) is 6. The lowest BCUT2D eigenvalue weighted by atomic mass is 9.98. The highest BCUT2D eigenvalue weighted by molar-refractivity contribution is 5.98. The second-order valence-electron chi connectivity index (χ2n) is 14.2. The molecule has 52 heavy (non-hydrogen) atoms. The van der Waals surface area contributed by atoms with E-state index in [1.54, 1.807) is 12.1 Å². The van der Waals surface area contributed by atoms with Crippen molar-refractivity contribution in [3.8, 4) is 23.0 Å². The Morgan fingerprint density at radius 2 is 1.25 bits per heavy atom. The Hall–Kier alpha value is -3.57. The van der Waals surface area contributed by atoms with Crippen LogP contribution in [0.2, 0.25) is 0 Å². The van der Waals surface area contributed by atoms with Crippen LogP contribution in [0.3, 0.4) is 0 Å². The molecule has 290 valence electrons. The monoisotopic (exact) mass is 724 g/mol. The highest BCUT2D eigenvalue weighted by atomic mass is 16.5. The predicted octanol–water partition coefficient (Wildman–Crippen LogP) is 7.50. The van der Waals surface area contributed by atoms with Crippen LogP contribution in [-0.2, 0) is 12.8 Å². The van der Waals surface area contributed by atoms with Crippen LogP contribution >= 0.6 is 0 Å². The second-order valence-corrected chi connectivity index (χ2v) is 14.2. The van der Waals surface area contributed by atoms with Crippen LogP contribution in [0.15, 0.2) is 44.6 Å². The van der Waals surface area contributed by atoms with Crippen LogP contribution in [0, 0.1) is 0 Å². The van der Waals surface area contributed by atoms with E-state index >= 15 is 0 Å². The maximum Gasteiger partial charge on any atom is 0.204 e. The lowest BCUT2D eigenvalue weighted by Crippen LogP contribution is -2.32. The average molecular weight is 725 g/mol. The number of benzene rings is 2. The summed E-state index contributed by atoms with van der Waals surface area (Å²) < 4.78 is 24.5. The molecular formula is C42H64N2O8. The molecule has 10 nitrogen and oxygen atoms in total. The van der Waals surface area contributed by atoms with Gasteiger partial charge in [-0.25, -0.2) is 0 Å². The molecule has 0 aliphatic carbocycles. The fourth-order valence-corrected chi connectivity index (χ4v) is 6.05. The van der Waals surface area contributed by atoms with E-state index in [-0.39, 0.29) is 40.9 Å². The molecule has 0 spiro atoms. The molecule has 0 amide bonds. The molecule has 2 unspecified atom stereocenters. The molecule has 0 aliphatic heterocycles. The average Bonchev–Trinajstić information content (AvgIpc) is 3.10. The number of allylic oxidation sites excluding steroid dienone is 4. The van der Waals surface area contributed by atoms with Crippen molar-refractivity contribution in [1.29, 1.82) is 0 Å². The molecule has 0 saturated carbocycles. The molecule has 3 aromatic rings. The Balaban J connectivity index is 2.03. The topological polar surface area (TPSA) is 143 Å². The lowest BCUT2D eigenvalue weighted by molar-refractivity contribution is 0.104. The number of phenols is 1. The zero-order valence-corrected chi connectivity index (χ0v) is 32.7. The van der Waals surface area contributed by atoms with Gasteiger partial charge in [0.2, 0.25) is 5.43 Å². The van der Waals surface area contributed by atoms with Gasteiger partial charge in [0.15, 0.2) is 11.5 Å². The summed E-state index contributed by atoms with van der Waals surface area (Å²) in [7, 11) is 1.52. The second kappa shape index (κ2) is 22.5. The normalized spacial score (nSPS) is 12.6. The standard InChI is InChI=1S/C42H64N2O8/c1-8-10-12-14-20-43-24-30(45)26-50-34-22-36-39(40(47)32(34)18-16-28(3)4)41(48)38-33(19-17-29(5)6)42(49-7)37(23-35(38)52-36)51-27-31(46)25-44-21-15-13-11-9-2/h16-17,22-23,30-31,43-47H,8-15,18-21,24-27H2,1-7H3. The van der Waals surface area contributed by atoms with Gasteiger partial charge in [0.1, 0.15) is 53.5 Å². The van der Waals surface area contributed by atoms with Gasteiger partial charge in [0.25, 0.3) is 0 Å². The predicted molar refractivity (Wildman–Crippen MR) is 212 cm³/mol. The summed E-state index contributed by atoms with van der Waals surface area (Å²) in [6.07, 6.45) is 12.2. The van der Waals surface area contributed by atoms with Crippen molar-refractivity contribution in [2.24, 2.45) is 0 Å². The van der Waals surface area contributed by atoms with Crippen molar-refractivity contribution in [1.82, 2.24) is 10.6 Å². The van der Waals surface area contributed by atoms with Gasteiger partial charge in [-0.05, 0) is 66.5 Å². The van der Waals surface area contributed by atoms with Gasteiger partial charge >= 0.3 is 0 Å². The summed E-state index contributed by atoms with van der Waals surface area (Å²) in [6, 6.07) is 3.22. The van der Waals surface area contributed by atoms with Crippen molar-refractivity contribution in [2.45, 2.75) is 118 Å². The van der Waals surface area contributed by atoms with Crippen molar-refractivity contribution >= 4 is 21.9 Å². The van der Waals surface area contributed by atoms with Crippen LogP contribution in [0.25, 0.3) is 21.9 Å². The van der Waals surface area contributed by atoms with E-state index in [0.717, 1.165) is 49.9 Å². The Morgan fingerprint density at radius 1 is 0.750 bits per heavy atom. The summed E-state index contributed by atoms with van der Waals surface area (Å²) in [4.78, 5) is 14.4. The minimum atomic E-state index is -0.777. The number of hydrogen-bond donors (Lipinski definition) is 5. The van der Waals surface area contributed by atoms with Crippen LogP contribution in [0.5, 0.6) is 23.0 Å². The molecule has 0 aliphatic rings. The highest BCUT2D eigenvalue weighted by Crippen LogP contribution is 2.41. The van der Waals surface area contributed by atoms with E-state index in [4.69, 9.17) is 18.6 Å². The first-order valence-electron chi connectivity index (χ1n) is 19.2. The third kappa shape index (κ3) is 12.8. The number of methoxy groups -OCH3 is 1. The molecule has 5 N–H and O–H groups in total. The van der Waals surface area contributed by atoms with Gasteiger partial charge in [0.05, 0.1) is 12.5 Å². The zero-order valence-electron chi connectivity index (χ0n) is 32.7. The maximum atomic E-state index is 14.4. The van der Waals surface area contributed by atoms with Gasteiger partial charge in [-0.3, -0.25) is 4.79 Å². The van der Waals surface area contributed by atoms with E-state index in [2.05, 4.69) is 24.5 Å². The molecule has 3 rings (SSSR count). The SMILES string of the molecule is CCCCCCNCC(O)COc1cc2oc3cc(OCC(O)CNCCCCCC)c(OC)c(CC=C(C)C)c3c(=O)c2c(O)c1CC=C(C)C. The molecule has 0 radical (unpaired) electrons. The third-order valence-electron chi connectivity index (χ3n) is 8.98. The maximum absolute atomic E-state index is 14.4. The number of ether oxygens (including phenoxy) is 3. The molecule has 10 heteroatoms. The quantitative estimate of drug-likeness (QED) is 0.0339. The number of rotatable bonds is 25. The molecule has 1 aromatic heterocycles. The molecular weight excluding hydrogens is 660 g/mol. The smallest absolute Gasteiger partial charge is 0.204 e. The number of aliphatic hydroxyl groups excluding tert-OH is 2. The molecule has 0 saturated heterocycles. The highest BCUT2D eigenvalue weighted by Gasteiger charge is 2.25. The summed E-state index contributed by atoms with van der Waals surface area (Å²) in [5.74, 6) is 0.811. The number of aliphatic hydroxyl groups is 2. The largest absolute Gasteiger partial charge is 0.507 e. The first-order valence-corrected chi connectivity index (χ1v) is 19.2. The van der Waals surface area contributed by atoms with E-state index in [1.807, 2.05) is 39.8 Å². The number of nitrogens with one attached hydrogen (secondary N) is 2. The van der Waals surface area contributed by atoms with Gasteiger partial charge in [-0.1, -0.05) is 75.7 Å². The minimum absolute atomic E-state index is 0.00610. The summed E-state index contributed by atoms with van der Waals surface area (Å²) in [6.45, 7) is 14.6. The van der Waals surface area contributed by atoms with Crippen molar-refractivity contribution in [3.63, 3.8) is 0 Å². The van der Waals surface area contributed by atoms with Gasteiger partial charge in [-0.2, -0.15) is 0 Å². The van der Waals surface area contributed by atoms with Gasteiger partial charge in [0, 0.05) is 36.3 Å². The number of aromatic hydroxyl groups is 1. The first kappa shape index (κ1) is 42.8. The van der Waals surface area contributed by atoms with E-state index in [0.29, 0.717) is 54.3 Å². The van der Waals surface area contributed by atoms with Crippen LogP contribution < -0.4 is 30.3 Å². The van der Waals surface area contributed by atoms with E-state index < -0.39 is 17.6 Å². The number of phenolic OH excluding ortho intramolecular Hbond substituents is 1. The molecule has 0 fully saturated rings. The molecule has 2 atom stereocenters. The summed E-state index contributed by atoms with van der Waals surface area (Å²) >= 11 is 0. The Labute approximate surface area is 310 Å². The van der Waals surface area contributed by atoms with Crippen molar-refractivity contribution in [2.75, 3.05) is 46.5 Å². The van der Waals surface area contributed by atoms with Gasteiger partial charge in [-0.15, -0.1) is 0 Å². The van der Waals surface area contributed by atoms with Crippen LogP contribution in [-0.4, -0.2) is 74.0 Å². The molecule has 0 bridgehead atoms. The zero-order chi connectivity index (χ0) is 38.0. The Kier molecular flexibility index (Phi) is 18.5.